The van der Waals surface area contributed by atoms with E-state index in [-0.39, 0.29) is 11.8 Å². The predicted molar refractivity (Wildman–Crippen MR) is 113 cm³/mol. The molecule has 1 N–H and O–H groups in total. The number of fused-ring (bicyclic) bond motifs is 1. The Kier molecular flexibility index (Phi) is 5.25. The molecule has 4 aromatic rings. The molecule has 0 bridgehead atoms. The van der Waals surface area contributed by atoms with Gasteiger partial charge in [-0.15, -0.1) is 0 Å². The first-order valence-electron chi connectivity index (χ1n) is 9.07. The lowest BCUT2D eigenvalue weighted by atomic mass is 10.0. The molecule has 142 valence electrons. The van der Waals surface area contributed by atoms with Gasteiger partial charge in [-0.2, -0.15) is 10.2 Å². The van der Waals surface area contributed by atoms with E-state index in [1.807, 2.05) is 42.2 Å². The molecular formula is C21H20BrN5O. The number of hydrogen-bond donors (Lipinski definition) is 1. The van der Waals surface area contributed by atoms with Crippen molar-refractivity contribution >= 4 is 38.4 Å². The zero-order chi connectivity index (χ0) is 19.5. The molecule has 0 aliphatic rings. The molecule has 1 unspecified atom stereocenters. The minimum absolute atomic E-state index is 0.0815. The topological polar surface area (TPSA) is 64.7 Å². The monoisotopic (exact) mass is 437 g/mol. The Hall–Kier alpha value is -2.93. The molecule has 0 saturated heterocycles. The van der Waals surface area contributed by atoms with Crippen molar-refractivity contribution in [1.82, 2.24) is 19.6 Å². The molecule has 0 spiro atoms. The van der Waals surface area contributed by atoms with Crippen molar-refractivity contribution < 1.29 is 4.79 Å². The fourth-order valence-electron chi connectivity index (χ4n) is 3.17. The largest absolute Gasteiger partial charge is 0.309 e. The second kappa shape index (κ2) is 7.98. The van der Waals surface area contributed by atoms with E-state index in [4.69, 9.17) is 0 Å². The van der Waals surface area contributed by atoms with Crippen LogP contribution in [0.15, 0.2) is 71.6 Å². The minimum Gasteiger partial charge on any atom is -0.309 e. The maximum absolute atomic E-state index is 12.5. The quantitative estimate of drug-likeness (QED) is 0.488. The molecule has 2 heterocycles. The maximum atomic E-state index is 12.5. The van der Waals surface area contributed by atoms with Gasteiger partial charge in [0.15, 0.2) is 5.82 Å². The number of hydrogen-bond acceptors (Lipinski definition) is 3. The van der Waals surface area contributed by atoms with Crippen LogP contribution < -0.4 is 5.32 Å². The molecule has 0 aliphatic heterocycles. The molecular weight excluding hydrogens is 418 g/mol. The zero-order valence-electron chi connectivity index (χ0n) is 15.4. The summed E-state index contributed by atoms with van der Waals surface area (Å²) in [5.74, 6) is 0.246. The Morgan fingerprint density at radius 2 is 1.96 bits per heavy atom. The summed E-state index contributed by atoms with van der Waals surface area (Å²) in [6.45, 7) is 3.03. The number of halogens is 1. The normalized spacial score (nSPS) is 12.2. The highest BCUT2D eigenvalue weighted by atomic mass is 79.9. The van der Waals surface area contributed by atoms with Gasteiger partial charge in [-0.1, -0.05) is 49.4 Å². The lowest BCUT2D eigenvalue weighted by Gasteiger charge is -2.11. The minimum atomic E-state index is -0.227. The molecule has 6 nitrogen and oxygen atoms in total. The number of carbonyl (C=O) groups is 1. The Bertz CT molecular complexity index is 1110. The third-order valence-electron chi connectivity index (χ3n) is 4.61. The van der Waals surface area contributed by atoms with E-state index >= 15 is 0 Å². The molecule has 28 heavy (non-hydrogen) atoms. The SMILES string of the molecule is CC(Cn1cc(Br)cn1)C(=O)Nc1ccn(Cc2cccc3ccccc23)n1. The lowest BCUT2D eigenvalue weighted by Crippen LogP contribution is -2.24. The Labute approximate surface area is 171 Å². The maximum Gasteiger partial charge on any atom is 0.230 e. The van der Waals surface area contributed by atoms with E-state index < -0.39 is 0 Å². The second-order valence-electron chi connectivity index (χ2n) is 6.81. The highest BCUT2D eigenvalue weighted by Gasteiger charge is 2.15. The number of carbonyl (C=O) groups excluding carboxylic acids is 1. The van der Waals surface area contributed by atoms with Crippen LogP contribution in [0, 0.1) is 5.92 Å². The molecule has 2 aromatic heterocycles. The van der Waals surface area contributed by atoms with E-state index in [1.165, 1.54) is 16.3 Å². The molecule has 4 rings (SSSR count). The van der Waals surface area contributed by atoms with E-state index in [0.29, 0.717) is 18.9 Å². The van der Waals surface area contributed by atoms with Crippen LogP contribution in [0.4, 0.5) is 5.82 Å². The summed E-state index contributed by atoms with van der Waals surface area (Å²) in [5, 5.41) is 14.0. The van der Waals surface area contributed by atoms with Gasteiger partial charge >= 0.3 is 0 Å². The number of nitrogens with zero attached hydrogens (tertiary/aromatic N) is 4. The molecule has 0 aliphatic carbocycles. The molecule has 0 fully saturated rings. The van der Waals surface area contributed by atoms with Crippen molar-refractivity contribution in [3.63, 3.8) is 0 Å². The third-order valence-corrected chi connectivity index (χ3v) is 5.02. The molecule has 1 atom stereocenters. The molecule has 2 aromatic carbocycles. The Morgan fingerprint density at radius 3 is 2.79 bits per heavy atom. The molecule has 1 amide bonds. The summed E-state index contributed by atoms with van der Waals surface area (Å²) < 4.78 is 4.48. The fraction of sp³-hybridized carbons (Fsp3) is 0.190. The number of nitrogens with one attached hydrogen (secondary N) is 1. The zero-order valence-corrected chi connectivity index (χ0v) is 17.0. The van der Waals surface area contributed by atoms with Crippen LogP contribution in [0.3, 0.4) is 0 Å². The van der Waals surface area contributed by atoms with Crippen molar-refractivity contribution in [2.75, 3.05) is 5.32 Å². The smallest absolute Gasteiger partial charge is 0.230 e. The summed E-state index contributed by atoms with van der Waals surface area (Å²) in [6.07, 6.45) is 5.44. The summed E-state index contributed by atoms with van der Waals surface area (Å²) >= 11 is 3.36. The number of amides is 1. The first-order chi connectivity index (χ1) is 13.6. The van der Waals surface area contributed by atoms with Crippen molar-refractivity contribution in [2.45, 2.75) is 20.0 Å². The molecule has 7 heteroatoms. The number of aromatic nitrogens is 4. The van der Waals surface area contributed by atoms with Crippen LogP contribution in [-0.2, 0) is 17.9 Å². The van der Waals surface area contributed by atoms with Crippen LogP contribution in [0.1, 0.15) is 12.5 Å². The van der Waals surface area contributed by atoms with E-state index in [1.54, 1.807) is 10.9 Å². The van der Waals surface area contributed by atoms with Gasteiger partial charge in [-0.3, -0.25) is 14.2 Å². The summed E-state index contributed by atoms with van der Waals surface area (Å²) in [4.78, 5) is 12.5. The van der Waals surface area contributed by atoms with Gasteiger partial charge in [0.1, 0.15) is 0 Å². The van der Waals surface area contributed by atoms with Crippen molar-refractivity contribution in [2.24, 2.45) is 5.92 Å². The lowest BCUT2D eigenvalue weighted by molar-refractivity contribution is -0.119. The van der Waals surface area contributed by atoms with Gasteiger partial charge < -0.3 is 5.32 Å². The van der Waals surface area contributed by atoms with Gasteiger partial charge in [0, 0.05) is 18.5 Å². The van der Waals surface area contributed by atoms with Gasteiger partial charge in [0.2, 0.25) is 5.91 Å². The summed E-state index contributed by atoms with van der Waals surface area (Å²) in [6, 6.07) is 16.4. The highest BCUT2D eigenvalue weighted by molar-refractivity contribution is 9.10. The van der Waals surface area contributed by atoms with Crippen LogP contribution in [0.2, 0.25) is 0 Å². The fourth-order valence-corrected chi connectivity index (χ4v) is 3.50. The molecule has 0 saturated carbocycles. The third kappa shape index (κ3) is 4.14. The Balaban J connectivity index is 1.42. The average Bonchev–Trinajstić information content (AvgIpc) is 3.30. The second-order valence-corrected chi connectivity index (χ2v) is 7.72. The van der Waals surface area contributed by atoms with Crippen molar-refractivity contribution in [3.05, 3.63) is 77.2 Å². The first kappa shape index (κ1) is 18.4. The van der Waals surface area contributed by atoms with Crippen LogP contribution in [-0.4, -0.2) is 25.5 Å². The number of benzene rings is 2. The first-order valence-corrected chi connectivity index (χ1v) is 9.87. The van der Waals surface area contributed by atoms with Crippen LogP contribution in [0.25, 0.3) is 10.8 Å². The van der Waals surface area contributed by atoms with Gasteiger partial charge in [0.05, 0.1) is 29.7 Å². The number of rotatable bonds is 6. The standard InChI is InChI=1S/C21H20BrN5O/c1-15(12-27-14-18(22)11-23-27)21(28)24-20-9-10-26(25-20)13-17-7-4-6-16-5-2-3-8-19(16)17/h2-11,14-15H,12-13H2,1H3,(H,24,25,28). The van der Waals surface area contributed by atoms with Crippen LogP contribution >= 0.6 is 15.9 Å². The van der Waals surface area contributed by atoms with Gasteiger partial charge in [-0.05, 0) is 32.3 Å². The van der Waals surface area contributed by atoms with E-state index in [9.17, 15) is 4.79 Å². The Morgan fingerprint density at radius 1 is 1.14 bits per heavy atom. The van der Waals surface area contributed by atoms with Crippen LogP contribution in [0.5, 0.6) is 0 Å². The van der Waals surface area contributed by atoms with Gasteiger partial charge in [-0.25, -0.2) is 0 Å². The van der Waals surface area contributed by atoms with Crippen molar-refractivity contribution in [3.8, 4) is 0 Å². The summed E-state index contributed by atoms with van der Waals surface area (Å²) in [5.41, 5.74) is 1.19. The van der Waals surface area contributed by atoms with E-state index in [2.05, 4.69) is 61.8 Å². The van der Waals surface area contributed by atoms with Gasteiger partial charge in [0.25, 0.3) is 0 Å². The summed E-state index contributed by atoms with van der Waals surface area (Å²) in [7, 11) is 0. The highest BCUT2D eigenvalue weighted by Crippen LogP contribution is 2.19. The predicted octanol–water partition coefficient (Wildman–Crippen LogP) is 4.32. The van der Waals surface area contributed by atoms with E-state index in [0.717, 1.165) is 4.47 Å². The van der Waals surface area contributed by atoms with Crippen molar-refractivity contribution in [1.29, 1.82) is 0 Å². The molecule has 0 radical (unpaired) electrons. The number of anilines is 1. The average molecular weight is 438 g/mol.